The van der Waals surface area contributed by atoms with E-state index in [1.165, 1.54) is 19.8 Å². The van der Waals surface area contributed by atoms with Gasteiger partial charge in [0.25, 0.3) is 0 Å². The zero-order chi connectivity index (χ0) is 26.7. The Labute approximate surface area is 225 Å². The zero-order valence-corrected chi connectivity index (χ0v) is 23.3. The normalized spacial score (nSPS) is 17.7. The number of ether oxygens (including phenoxy) is 2. The first-order valence-corrected chi connectivity index (χ1v) is 15.4. The van der Waals surface area contributed by atoms with Crippen molar-refractivity contribution >= 4 is 26.7 Å². The second-order valence-electron chi connectivity index (χ2n) is 10.4. The van der Waals surface area contributed by atoms with Gasteiger partial charge in [0, 0.05) is 68.8 Å². The molecule has 9 nitrogen and oxygen atoms in total. The smallest absolute Gasteiger partial charge is 0.226 e. The van der Waals surface area contributed by atoms with Gasteiger partial charge >= 0.3 is 0 Å². The molecule has 0 aliphatic carbocycles. The highest BCUT2D eigenvalue weighted by molar-refractivity contribution is 7.89. The van der Waals surface area contributed by atoms with Crippen LogP contribution in [0.5, 0.6) is 5.88 Å². The number of fused-ring (bicyclic) bond motifs is 1. The molecule has 0 radical (unpaired) electrons. The van der Waals surface area contributed by atoms with Crippen LogP contribution < -0.4 is 9.64 Å². The summed E-state index contributed by atoms with van der Waals surface area (Å²) in [6.45, 7) is 4.64. The first kappa shape index (κ1) is 26.8. The van der Waals surface area contributed by atoms with Crippen LogP contribution in [-0.4, -0.2) is 81.0 Å². The van der Waals surface area contributed by atoms with Gasteiger partial charge < -0.3 is 14.4 Å². The van der Waals surface area contributed by atoms with E-state index < -0.39 is 9.84 Å². The van der Waals surface area contributed by atoms with Crippen LogP contribution in [0.2, 0.25) is 0 Å². The van der Waals surface area contributed by atoms with Gasteiger partial charge in [0.15, 0.2) is 9.84 Å². The van der Waals surface area contributed by atoms with Crippen LogP contribution in [0.1, 0.15) is 43.2 Å². The van der Waals surface area contributed by atoms with Gasteiger partial charge in [-0.05, 0) is 43.7 Å². The van der Waals surface area contributed by atoms with Crippen molar-refractivity contribution in [3.8, 4) is 17.1 Å². The van der Waals surface area contributed by atoms with E-state index in [9.17, 15) is 8.42 Å². The number of benzene rings is 1. The Kier molecular flexibility index (Phi) is 8.11. The van der Waals surface area contributed by atoms with Crippen LogP contribution in [0, 0.1) is 0 Å². The molecule has 0 spiro atoms. The summed E-state index contributed by atoms with van der Waals surface area (Å²) in [6.07, 6.45) is 8.79. The molecule has 5 rings (SSSR count). The van der Waals surface area contributed by atoms with E-state index in [1.807, 2.05) is 12.1 Å². The molecule has 10 heteroatoms. The lowest BCUT2D eigenvalue weighted by Crippen LogP contribution is -2.36. The molecule has 0 N–H and O–H groups in total. The highest BCUT2D eigenvalue weighted by Gasteiger charge is 2.23. The molecular formula is C28H37N5O4S. The SMILES string of the molecule is COc1ncc(-c2nc(N3CCCCC3)nc3c(CN4CCC(OC)CC4)cccc23)cc1CS(C)(=O)=O. The second-order valence-corrected chi connectivity index (χ2v) is 12.5. The molecule has 2 aromatic heterocycles. The third-order valence-corrected chi connectivity index (χ3v) is 8.34. The largest absolute Gasteiger partial charge is 0.481 e. The van der Waals surface area contributed by atoms with E-state index in [0.717, 1.165) is 92.1 Å². The van der Waals surface area contributed by atoms with Gasteiger partial charge in [-0.2, -0.15) is 0 Å². The number of anilines is 1. The molecule has 0 bridgehead atoms. The maximum Gasteiger partial charge on any atom is 0.226 e. The Morgan fingerprint density at radius 1 is 1.00 bits per heavy atom. The summed E-state index contributed by atoms with van der Waals surface area (Å²) in [6, 6.07) is 8.10. The first-order chi connectivity index (χ1) is 18.3. The molecular weight excluding hydrogens is 502 g/mol. The van der Waals surface area contributed by atoms with Crippen molar-refractivity contribution in [3.63, 3.8) is 0 Å². The summed E-state index contributed by atoms with van der Waals surface area (Å²) in [7, 11) is 0.0156. The van der Waals surface area contributed by atoms with Crippen LogP contribution in [0.3, 0.4) is 0 Å². The van der Waals surface area contributed by atoms with Crippen molar-refractivity contribution in [2.45, 2.75) is 50.5 Å². The number of pyridine rings is 1. The number of sulfone groups is 1. The highest BCUT2D eigenvalue weighted by atomic mass is 32.2. The maximum absolute atomic E-state index is 12.1. The van der Waals surface area contributed by atoms with Crippen LogP contribution in [0.4, 0.5) is 5.95 Å². The minimum absolute atomic E-state index is 0.151. The molecule has 0 saturated carbocycles. The topological polar surface area (TPSA) is 97.8 Å². The molecule has 0 unspecified atom stereocenters. The van der Waals surface area contributed by atoms with Gasteiger partial charge in [-0.3, -0.25) is 4.90 Å². The molecule has 38 heavy (non-hydrogen) atoms. The van der Waals surface area contributed by atoms with Crippen molar-refractivity contribution in [2.24, 2.45) is 0 Å². The van der Waals surface area contributed by atoms with Crippen LogP contribution in [-0.2, 0) is 26.9 Å². The summed E-state index contributed by atoms with van der Waals surface area (Å²) < 4.78 is 35.2. The molecule has 2 fully saturated rings. The fourth-order valence-corrected chi connectivity index (χ4v) is 6.30. The van der Waals surface area contributed by atoms with E-state index >= 15 is 0 Å². The third-order valence-electron chi connectivity index (χ3n) is 7.51. The standard InChI is InChI=1S/C28H37N5O4S/c1-36-23-10-14-32(15-11-23)18-20-8-7-9-24-25(20)30-28(33-12-5-4-6-13-33)31-26(24)21-16-22(19-38(3,34)35)27(37-2)29-17-21/h7-9,16-17,23H,4-6,10-15,18-19H2,1-3H3. The number of aromatic nitrogens is 3. The number of rotatable bonds is 8. The molecule has 0 atom stereocenters. The van der Waals surface area contributed by atoms with Crippen molar-refractivity contribution in [3.05, 3.63) is 41.6 Å². The number of nitrogens with zero attached hydrogens (tertiary/aromatic N) is 5. The average Bonchev–Trinajstić information content (AvgIpc) is 2.93. The highest BCUT2D eigenvalue weighted by Crippen LogP contribution is 2.33. The number of hydrogen-bond acceptors (Lipinski definition) is 9. The lowest BCUT2D eigenvalue weighted by molar-refractivity contribution is 0.0390. The minimum Gasteiger partial charge on any atom is -0.481 e. The predicted molar refractivity (Wildman–Crippen MR) is 149 cm³/mol. The van der Waals surface area contributed by atoms with E-state index in [2.05, 4.69) is 26.9 Å². The summed E-state index contributed by atoms with van der Waals surface area (Å²) >= 11 is 0. The number of methoxy groups -OCH3 is 2. The number of hydrogen-bond donors (Lipinski definition) is 0. The molecule has 204 valence electrons. The van der Waals surface area contributed by atoms with Crippen molar-refractivity contribution in [2.75, 3.05) is 51.6 Å². The first-order valence-electron chi connectivity index (χ1n) is 13.4. The fourth-order valence-electron chi connectivity index (χ4n) is 5.52. The summed E-state index contributed by atoms with van der Waals surface area (Å²) in [5, 5.41) is 0.937. The maximum atomic E-state index is 12.1. The Bertz CT molecular complexity index is 1380. The Balaban J connectivity index is 1.60. The molecule has 2 aliphatic heterocycles. The lowest BCUT2D eigenvalue weighted by Gasteiger charge is -2.31. The third kappa shape index (κ3) is 6.08. The monoisotopic (exact) mass is 539 g/mol. The van der Waals surface area contributed by atoms with E-state index in [1.54, 1.807) is 13.3 Å². The van der Waals surface area contributed by atoms with E-state index in [-0.39, 0.29) is 5.75 Å². The summed E-state index contributed by atoms with van der Waals surface area (Å²) in [5.41, 5.74) is 4.15. The molecule has 2 saturated heterocycles. The summed E-state index contributed by atoms with van der Waals surface area (Å²) in [5.74, 6) is 0.883. The van der Waals surface area contributed by atoms with E-state index in [4.69, 9.17) is 19.4 Å². The summed E-state index contributed by atoms with van der Waals surface area (Å²) in [4.78, 5) is 19.4. The van der Waals surface area contributed by atoms with Crippen LogP contribution >= 0.6 is 0 Å². The number of para-hydroxylation sites is 1. The van der Waals surface area contributed by atoms with Gasteiger partial charge in [-0.1, -0.05) is 18.2 Å². The second kappa shape index (κ2) is 11.5. The lowest BCUT2D eigenvalue weighted by atomic mass is 10.0. The van der Waals surface area contributed by atoms with Gasteiger partial charge in [0.2, 0.25) is 11.8 Å². The van der Waals surface area contributed by atoms with E-state index in [0.29, 0.717) is 17.5 Å². The van der Waals surface area contributed by atoms with Gasteiger partial charge in [-0.25, -0.2) is 23.4 Å². The van der Waals surface area contributed by atoms with Gasteiger partial charge in [0.05, 0.1) is 30.2 Å². The Hall–Kier alpha value is -2.82. The molecule has 1 aromatic carbocycles. The Morgan fingerprint density at radius 2 is 1.76 bits per heavy atom. The van der Waals surface area contributed by atoms with Crippen LogP contribution in [0.25, 0.3) is 22.2 Å². The van der Waals surface area contributed by atoms with Crippen molar-refractivity contribution in [1.82, 2.24) is 19.9 Å². The fraction of sp³-hybridized carbons (Fsp3) is 0.536. The molecule has 3 aromatic rings. The minimum atomic E-state index is -3.28. The number of piperidine rings is 2. The molecule has 4 heterocycles. The average molecular weight is 540 g/mol. The Morgan fingerprint density at radius 3 is 2.45 bits per heavy atom. The molecule has 0 amide bonds. The quantitative estimate of drug-likeness (QED) is 0.423. The predicted octanol–water partition coefficient (Wildman–Crippen LogP) is 3.85. The van der Waals surface area contributed by atoms with Gasteiger partial charge in [0.1, 0.15) is 0 Å². The van der Waals surface area contributed by atoms with Crippen LogP contribution in [0.15, 0.2) is 30.5 Å². The number of likely N-dealkylation sites (tertiary alicyclic amines) is 1. The van der Waals surface area contributed by atoms with Crippen molar-refractivity contribution < 1.29 is 17.9 Å². The molecule has 2 aliphatic rings. The zero-order valence-electron chi connectivity index (χ0n) is 22.5. The van der Waals surface area contributed by atoms with Crippen molar-refractivity contribution in [1.29, 1.82) is 0 Å². The van der Waals surface area contributed by atoms with Gasteiger partial charge in [-0.15, -0.1) is 0 Å².